The summed E-state index contributed by atoms with van der Waals surface area (Å²) in [4.78, 5) is 16.5. The third kappa shape index (κ3) is 3.47. The van der Waals surface area contributed by atoms with Crippen LogP contribution in [0.2, 0.25) is 10.0 Å². The van der Waals surface area contributed by atoms with E-state index in [-0.39, 0.29) is 10.9 Å². The van der Waals surface area contributed by atoms with Crippen LogP contribution in [0.4, 0.5) is 5.69 Å². The molecule has 7 heteroatoms. The van der Waals surface area contributed by atoms with Crippen LogP contribution in [-0.2, 0) is 4.79 Å². The number of ether oxygens (including phenoxy) is 1. The number of rotatable bonds is 4. The van der Waals surface area contributed by atoms with E-state index in [1.807, 2.05) is 0 Å². The molecule has 0 fully saturated rings. The van der Waals surface area contributed by atoms with E-state index in [0.29, 0.717) is 27.9 Å². The first kappa shape index (κ1) is 16.6. The summed E-state index contributed by atoms with van der Waals surface area (Å²) in [6, 6.07) is 10.3. The molecule has 0 saturated heterocycles. The molecule has 24 heavy (non-hydrogen) atoms. The van der Waals surface area contributed by atoms with Gasteiger partial charge < -0.3 is 14.5 Å². The van der Waals surface area contributed by atoms with E-state index in [9.17, 15) is 4.79 Å². The molecule has 1 N–H and O–H groups in total. The third-order valence-electron chi connectivity index (χ3n) is 3.35. The number of hydrogen-bond donors (Lipinski definition) is 1. The maximum absolute atomic E-state index is 12.3. The lowest BCUT2D eigenvalue weighted by molar-refractivity contribution is -0.122. The lowest BCUT2D eigenvalue weighted by atomic mass is 10.2. The lowest BCUT2D eigenvalue weighted by Gasteiger charge is -2.16. The van der Waals surface area contributed by atoms with Gasteiger partial charge in [-0.15, -0.1) is 0 Å². The highest BCUT2D eigenvalue weighted by atomic mass is 35.5. The van der Waals surface area contributed by atoms with Crippen molar-refractivity contribution in [1.82, 2.24) is 4.98 Å². The quantitative estimate of drug-likeness (QED) is 0.718. The summed E-state index contributed by atoms with van der Waals surface area (Å²) in [7, 11) is 0. The predicted molar refractivity (Wildman–Crippen MR) is 93.9 cm³/mol. The molecule has 3 rings (SSSR count). The highest BCUT2D eigenvalue weighted by Gasteiger charge is 2.17. The molecule has 1 atom stereocenters. The Hall–Kier alpha value is -2.24. The van der Waals surface area contributed by atoms with Gasteiger partial charge in [0.2, 0.25) is 0 Å². The van der Waals surface area contributed by atoms with Crippen molar-refractivity contribution in [3.05, 3.63) is 52.3 Å². The van der Waals surface area contributed by atoms with Gasteiger partial charge in [-0.1, -0.05) is 29.3 Å². The minimum atomic E-state index is -0.756. The number of fused-ring (bicyclic) bond motifs is 1. The van der Waals surface area contributed by atoms with Gasteiger partial charge in [0, 0.05) is 18.7 Å². The summed E-state index contributed by atoms with van der Waals surface area (Å²) in [6.45, 7) is 3.40. The summed E-state index contributed by atoms with van der Waals surface area (Å²) in [5.74, 6) is 0.607. The molecule has 0 aliphatic rings. The van der Waals surface area contributed by atoms with Gasteiger partial charge in [-0.2, -0.15) is 0 Å². The number of oxazole rings is 1. The number of aromatic nitrogens is 1. The first-order valence-corrected chi connectivity index (χ1v) is 7.98. The number of carbonyl (C=O) groups is 1. The Kier molecular flexibility index (Phi) is 4.64. The second-order valence-electron chi connectivity index (χ2n) is 5.22. The van der Waals surface area contributed by atoms with E-state index in [0.717, 1.165) is 5.52 Å². The molecule has 0 radical (unpaired) electrons. The third-order valence-corrected chi connectivity index (χ3v) is 4.15. The molecular weight excluding hydrogens is 351 g/mol. The topological polar surface area (TPSA) is 64.4 Å². The number of amides is 1. The van der Waals surface area contributed by atoms with Crippen molar-refractivity contribution in [2.45, 2.75) is 20.0 Å². The Labute approximate surface area is 148 Å². The fourth-order valence-corrected chi connectivity index (χ4v) is 2.52. The molecule has 0 aliphatic carbocycles. The fraction of sp³-hybridized carbons (Fsp3) is 0.176. The Balaban J connectivity index is 1.71. The Morgan fingerprint density at radius 3 is 2.88 bits per heavy atom. The Bertz CT molecular complexity index is 908. The van der Waals surface area contributed by atoms with Crippen LogP contribution in [0.5, 0.6) is 5.75 Å². The first-order valence-electron chi connectivity index (χ1n) is 7.23. The summed E-state index contributed by atoms with van der Waals surface area (Å²) >= 11 is 12.0. The standard InChI is InChI=1S/C17H14Cl2N2O3/c1-9(23-14-5-3-4-12(18)16(14)19)17(22)21-11-6-7-13-15(8-11)24-10(2)20-13/h3-9H,1-2H3,(H,21,22)/t9-/m0/s1. The molecule has 5 nitrogen and oxygen atoms in total. The number of hydrogen-bond acceptors (Lipinski definition) is 4. The zero-order valence-electron chi connectivity index (χ0n) is 13.0. The number of carbonyl (C=O) groups excluding carboxylic acids is 1. The first-order chi connectivity index (χ1) is 11.4. The average molecular weight is 365 g/mol. The van der Waals surface area contributed by atoms with Crippen LogP contribution < -0.4 is 10.1 Å². The van der Waals surface area contributed by atoms with Crippen LogP contribution in [0.15, 0.2) is 40.8 Å². The van der Waals surface area contributed by atoms with Gasteiger partial charge in [-0.05, 0) is 31.2 Å². The lowest BCUT2D eigenvalue weighted by Crippen LogP contribution is -2.30. The second-order valence-corrected chi connectivity index (χ2v) is 6.00. The van der Waals surface area contributed by atoms with Crippen molar-refractivity contribution >= 4 is 45.9 Å². The molecule has 0 spiro atoms. The van der Waals surface area contributed by atoms with E-state index in [1.54, 1.807) is 50.2 Å². The number of nitrogens with zero attached hydrogens (tertiary/aromatic N) is 1. The maximum atomic E-state index is 12.3. The van der Waals surface area contributed by atoms with E-state index in [1.165, 1.54) is 0 Å². The van der Waals surface area contributed by atoms with Gasteiger partial charge in [0.05, 0.1) is 5.02 Å². The molecule has 0 bridgehead atoms. The zero-order chi connectivity index (χ0) is 17.3. The molecule has 0 unspecified atom stereocenters. The van der Waals surface area contributed by atoms with Gasteiger partial charge >= 0.3 is 0 Å². The monoisotopic (exact) mass is 364 g/mol. The molecule has 1 heterocycles. The minimum Gasteiger partial charge on any atom is -0.479 e. The van der Waals surface area contributed by atoms with Crippen LogP contribution >= 0.6 is 23.2 Å². The van der Waals surface area contributed by atoms with E-state index in [4.69, 9.17) is 32.4 Å². The molecule has 124 valence electrons. The van der Waals surface area contributed by atoms with E-state index < -0.39 is 6.10 Å². The summed E-state index contributed by atoms with van der Waals surface area (Å²) in [5, 5.41) is 3.41. The minimum absolute atomic E-state index is 0.275. The van der Waals surface area contributed by atoms with Gasteiger partial charge in [0.1, 0.15) is 16.3 Å². The number of aryl methyl sites for hydroxylation is 1. The SMILES string of the molecule is Cc1nc2ccc(NC(=O)[C@H](C)Oc3cccc(Cl)c3Cl)cc2o1. The van der Waals surface area contributed by atoms with Crippen molar-refractivity contribution in [2.75, 3.05) is 5.32 Å². The Morgan fingerprint density at radius 2 is 2.08 bits per heavy atom. The number of benzene rings is 2. The van der Waals surface area contributed by atoms with Crippen molar-refractivity contribution in [2.24, 2.45) is 0 Å². The van der Waals surface area contributed by atoms with Gasteiger partial charge in [-0.3, -0.25) is 4.79 Å². The van der Waals surface area contributed by atoms with Crippen molar-refractivity contribution in [3.8, 4) is 5.75 Å². The Morgan fingerprint density at radius 1 is 1.29 bits per heavy atom. The maximum Gasteiger partial charge on any atom is 0.265 e. The van der Waals surface area contributed by atoms with Gasteiger partial charge in [0.25, 0.3) is 5.91 Å². The van der Waals surface area contributed by atoms with Gasteiger partial charge in [-0.25, -0.2) is 4.98 Å². The van der Waals surface area contributed by atoms with E-state index >= 15 is 0 Å². The molecule has 2 aromatic carbocycles. The van der Waals surface area contributed by atoms with Crippen molar-refractivity contribution < 1.29 is 13.9 Å². The largest absolute Gasteiger partial charge is 0.479 e. The summed E-state index contributed by atoms with van der Waals surface area (Å²) in [5.41, 5.74) is 1.94. The van der Waals surface area contributed by atoms with Crippen LogP contribution in [0.3, 0.4) is 0 Å². The fourth-order valence-electron chi connectivity index (χ4n) is 2.18. The predicted octanol–water partition coefficient (Wildman–Crippen LogP) is 4.85. The summed E-state index contributed by atoms with van der Waals surface area (Å²) in [6.07, 6.45) is -0.756. The van der Waals surface area contributed by atoms with Crippen molar-refractivity contribution in [3.63, 3.8) is 0 Å². The molecular formula is C17H14Cl2N2O3. The summed E-state index contributed by atoms with van der Waals surface area (Å²) < 4.78 is 11.0. The molecule has 1 amide bonds. The van der Waals surface area contributed by atoms with Gasteiger partial charge in [0.15, 0.2) is 17.6 Å². The zero-order valence-corrected chi connectivity index (χ0v) is 14.5. The highest BCUT2D eigenvalue weighted by molar-refractivity contribution is 6.42. The molecule has 0 aliphatic heterocycles. The molecule has 3 aromatic rings. The molecule has 1 aromatic heterocycles. The average Bonchev–Trinajstić information content (AvgIpc) is 2.91. The number of anilines is 1. The van der Waals surface area contributed by atoms with Crippen molar-refractivity contribution in [1.29, 1.82) is 0 Å². The van der Waals surface area contributed by atoms with Crippen LogP contribution in [0.25, 0.3) is 11.1 Å². The second kappa shape index (κ2) is 6.71. The molecule has 0 saturated carbocycles. The number of nitrogens with one attached hydrogen (secondary N) is 1. The highest BCUT2D eigenvalue weighted by Crippen LogP contribution is 2.32. The number of halogens is 2. The van der Waals surface area contributed by atoms with Crippen LogP contribution in [0.1, 0.15) is 12.8 Å². The smallest absolute Gasteiger partial charge is 0.265 e. The van der Waals surface area contributed by atoms with Crippen LogP contribution in [0, 0.1) is 6.92 Å². The van der Waals surface area contributed by atoms with Crippen LogP contribution in [-0.4, -0.2) is 17.0 Å². The van der Waals surface area contributed by atoms with E-state index in [2.05, 4.69) is 10.3 Å². The normalized spacial score (nSPS) is 12.2.